The molecule has 0 radical (unpaired) electrons. The van der Waals surface area contributed by atoms with Gasteiger partial charge in [0.25, 0.3) is 0 Å². The van der Waals surface area contributed by atoms with E-state index in [-0.39, 0.29) is 0 Å². The van der Waals surface area contributed by atoms with E-state index in [0.29, 0.717) is 12.1 Å². The highest BCUT2D eigenvalue weighted by atomic mass is 32.2. The lowest BCUT2D eigenvalue weighted by molar-refractivity contribution is 0.477. The number of thioether (sulfide) groups is 1. The summed E-state index contributed by atoms with van der Waals surface area (Å²) >= 11 is 2.03. The summed E-state index contributed by atoms with van der Waals surface area (Å²) in [5.74, 6) is 4.20. The van der Waals surface area contributed by atoms with E-state index in [2.05, 4.69) is 50.0 Å². The van der Waals surface area contributed by atoms with Gasteiger partial charge in [0.2, 0.25) is 0 Å². The third-order valence-corrected chi connectivity index (χ3v) is 4.37. The van der Waals surface area contributed by atoms with Gasteiger partial charge in [0.15, 0.2) is 0 Å². The van der Waals surface area contributed by atoms with Gasteiger partial charge in [-0.25, -0.2) is 9.67 Å². The molecule has 1 N–H and O–H groups in total. The third kappa shape index (κ3) is 5.95. The van der Waals surface area contributed by atoms with Crippen LogP contribution < -0.4 is 5.32 Å². The van der Waals surface area contributed by atoms with Crippen molar-refractivity contribution in [1.29, 1.82) is 0 Å². The Kier molecular flexibility index (Phi) is 7.46. The van der Waals surface area contributed by atoms with E-state index in [0.717, 1.165) is 30.5 Å². The van der Waals surface area contributed by atoms with E-state index < -0.39 is 0 Å². The van der Waals surface area contributed by atoms with Crippen LogP contribution in [0.15, 0.2) is 6.33 Å². The van der Waals surface area contributed by atoms with Crippen LogP contribution in [0.25, 0.3) is 0 Å². The summed E-state index contributed by atoms with van der Waals surface area (Å²) in [6.07, 6.45) is 2.62. The van der Waals surface area contributed by atoms with Crippen LogP contribution in [0, 0.1) is 5.92 Å². The number of likely N-dealkylation sites (N-methyl/N-ethyl adjacent to an activating group) is 1. The van der Waals surface area contributed by atoms with Gasteiger partial charge in [0.1, 0.15) is 12.2 Å². The van der Waals surface area contributed by atoms with Crippen LogP contribution in [-0.4, -0.2) is 38.9 Å². The van der Waals surface area contributed by atoms with Crippen LogP contribution >= 0.6 is 11.8 Å². The first-order valence-corrected chi connectivity index (χ1v) is 8.39. The zero-order valence-corrected chi connectivity index (χ0v) is 13.7. The van der Waals surface area contributed by atoms with Crippen LogP contribution in [0.4, 0.5) is 0 Å². The normalized spacial score (nSPS) is 13.4. The molecule has 0 aliphatic heterocycles. The molecule has 0 aromatic carbocycles. The quantitative estimate of drug-likeness (QED) is 0.757. The van der Waals surface area contributed by atoms with E-state index >= 15 is 0 Å². The minimum absolute atomic E-state index is 0.378. The topological polar surface area (TPSA) is 42.7 Å². The van der Waals surface area contributed by atoms with Crippen LogP contribution in [0.2, 0.25) is 0 Å². The minimum atomic E-state index is 0.378. The molecule has 0 amide bonds. The van der Waals surface area contributed by atoms with Gasteiger partial charge in [-0.1, -0.05) is 20.8 Å². The third-order valence-electron chi connectivity index (χ3n) is 2.83. The summed E-state index contributed by atoms with van der Waals surface area (Å²) in [5.41, 5.74) is 0. The minimum Gasteiger partial charge on any atom is -0.313 e. The highest BCUT2D eigenvalue weighted by Gasteiger charge is 2.14. The molecule has 0 fully saturated rings. The second-order valence-corrected chi connectivity index (χ2v) is 6.68. The fourth-order valence-corrected chi connectivity index (χ4v) is 3.12. The molecule has 1 heterocycles. The Bertz CT molecular complexity index is 349. The van der Waals surface area contributed by atoms with Crippen LogP contribution in [0.3, 0.4) is 0 Å². The molecular weight excluding hydrogens is 256 g/mol. The summed E-state index contributed by atoms with van der Waals surface area (Å²) < 4.78 is 2.03. The van der Waals surface area contributed by atoms with E-state index in [4.69, 9.17) is 0 Å². The number of hydrogen-bond donors (Lipinski definition) is 1. The van der Waals surface area contributed by atoms with Gasteiger partial charge in [-0.05, 0) is 32.1 Å². The first-order chi connectivity index (χ1) is 9.04. The lowest BCUT2D eigenvalue weighted by Crippen LogP contribution is -2.34. The number of nitrogens with one attached hydrogen (secondary N) is 1. The predicted octanol–water partition coefficient (Wildman–Crippen LogP) is 2.77. The number of nitrogens with zero attached hydrogens (tertiary/aromatic N) is 3. The molecule has 1 unspecified atom stereocenters. The van der Waals surface area contributed by atoms with E-state index in [9.17, 15) is 0 Å². The maximum Gasteiger partial charge on any atom is 0.138 e. The molecule has 1 atom stereocenters. The van der Waals surface area contributed by atoms with Crippen molar-refractivity contribution < 1.29 is 0 Å². The molecule has 0 bridgehead atoms. The Balaban J connectivity index is 2.54. The Morgan fingerprint density at radius 2 is 2.00 bits per heavy atom. The average Bonchev–Trinajstić information content (AvgIpc) is 2.77. The molecule has 4 nitrogen and oxygen atoms in total. The van der Waals surface area contributed by atoms with Crippen molar-refractivity contribution in [3.8, 4) is 0 Å². The van der Waals surface area contributed by atoms with Crippen LogP contribution in [0.1, 0.15) is 46.5 Å². The molecule has 0 aliphatic rings. The predicted molar refractivity (Wildman–Crippen MR) is 83.7 cm³/mol. The van der Waals surface area contributed by atoms with E-state index in [1.807, 2.05) is 16.4 Å². The first-order valence-electron chi connectivity index (χ1n) is 7.24. The first kappa shape index (κ1) is 16.5. The van der Waals surface area contributed by atoms with Crippen molar-refractivity contribution in [1.82, 2.24) is 20.1 Å². The Labute approximate surface area is 121 Å². The summed E-state index contributed by atoms with van der Waals surface area (Å²) in [6.45, 7) is 12.0. The average molecular weight is 284 g/mol. The van der Waals surface area contributed by atoms with Gasteiger partial charge < -0.3 is 5.32 Å². The van der Waals surface area contributed by atoms with Crippen molar-refractivity contribution >= 4 is 11.8 Å². The second kappa shape index (κ2) is 8.59. The van der Waals surface area contributed by atoms with Crippen molar-refractivity contribution in [2.45, 2.75) is 53.1 Å². The van der Waals surface area contributed by atoms with Crippen LogP contribution in [0.5, 0.6) is 0 Å². The molecule has 5 heteroatoms. The summed E-state index contributed by atoms with van der Waals surface area (Å²) in [6, 6.07) is 0.860. The number of aromatic nitrogens is 3. The monoisotopic (exact) mass is 284 g/mol. The molecule has 0 spiro atoms. The maximum absolute atomic E-state index is 4.41. The molecule has 0 saturated carbocycles. The van der Waals surface area contributed by atoms with Gasteiger partial charge in [0.05, 0.1) is 0 Å². The molecule has 0 aliphatic carbocycles. The van der Waals surface area contributed by atoms with Gasteiger partial charge in [-0.3, -0.25) is 0 Å². The van der Waals surface area contributed by atoms with Gasteiger partial charge in [-0.15, -0.1) is 0 Å². The fraction of sp³-hybridized carbons (Fsp3) is 0.857. The smallest absolute Gasteiger partial charge is 0.138 e. The highest BCUT2D eigenvalue weighted by Crippen LogP contribution is 2.13. The Hall–Kier alpha value is -0.550. The Morgan fingerprint density at radius 1 is 1.26 bits per heavy atom. The molecule has 1 aromatic rings. The standard InChI is InChI=1S/C14H28N4S/c1-6-15-13(9-19-8-11(2)3)7-14-16-10-17-18(14)12(4)5/h10-13,15H,6-9H2,1-5H3. The van der Waals surface area contributed by atoms with E-state index in [1.54, 1.807) is 6.33 Å². The van der Waals surface area contributed by atoms with Crippen molar-refractivity contribution in [2.24, 2.45) is 5.92 Å². The lowest BCUT2D eigenvalue weighted by atomic mass is 10.2. The lowest BCUT2D eigenvalue weighted by Gasteiger charge is -2.19. The Morgan fingerprint density at radius 3 is 2.58 bits per heavy atom. The van der Waals surface area contributed by atoms with Crippen molar-refractivity contribution in [2.75, 3.05) is 18.1 Å². The second-order valence-electron chi connectivity index (χ2n) is 5.60. The van der Waals surface area contributed by atoms with Gasteiger partial charge in [0, 0.05) is 24.3 Å². The largest absolute Gasteiger partial charge is 0.313 e. The van der Waals surface area contributed by atoms with Gasteiger partial charge in [-0.2, -0.15) is 16.9 Å². The van der Waals surface area contributed by atoms with Crippen molar-refractivity contribution in [3.05, 3.63) is 12.2 Å². The number of rotatable bonds is 9. The van der Waals surface area contributed by atoms with Crippen LogP contribution in [-0.2, 0) is 6.42 Å². The fourth-order valence-electron chi connectivity index (χ4n) is 2.00. The molecule has 0 saturated heterocycles. The SMILES string of the molecule is CCNC(CSCC(C)C)Cc1ncnn1C(C)C. The molecule has 19 heavy (non-hydrogen) atoms. The zero-order chi connectivity index (χ0) is 14.3. The van der Waals surface area contributed by atoms with Gasteiger partial charge >= 0.3 is 0 Å². The summed E-state index contributed by atoms with van der Waals surface area (Å²) in [7, 11) is 0. The molecule has 1 aromatic heterocycles. The molecular formula is C14H28N4S. The van der Waals surface area contributed by atoms with Crippen molar-refractivity contribution in [3.63, 3.8) is 0 Å². The highest BCUT2D eigenvalue weighted by molar-refractivity contribution is 7.99. The zero-order valence-electron chi connectivity index (χ0n) is 12.9. The maximum atomic E-state index is 4.41. The summed E-state index contributed by atoms with van der Waals surface area (Å²) in [4.78, 5) is 4.41. The number of hydrogen-bond acceptors (Lipinski definition) is 4. The molecule has 110 valence electrons. The summed E-state index contributed by atoms with van der Waals surface area (Å²) in [5, 5.41) is 7.87. The molecule has 1 rings (SSSR count). The van der Waals surface area contributed by atoms with E-state index in [1.165, 1.54) is 5.75 Å².